The molecule has 1 atom stereocenters. The lowest BCUT2D eigenvalue weighted by atomic mass is 9.93. The smallest absolute Gasteiger partial charge is 0.326 e. The number of carbonyl (C=O) groups is 2. The van der Waals surface area contributed by atoms with Gasteiger partial charge in [0.25, 0.3) is 5.91 Å². The van der Waals surface area contributed by atoms with Crippen LogP contribution in [0.1, 0.15) is 33.5 Å². The third-order valence-electron chi connectivity index (χ3n) is 5.10. The Morgan fingerprint density at radius 2 is 1.88 bits per heavy atom. The number of aliphatic carboxylic acids is 1. The largest absolute Gasteiger partial charge is 0.480 e. The van der Waals surface area contributed by atoms with E-state index in [9.17, 15) is 14.7 Å². The fraction of sp³-hybridized carbons (Fsp3) is 0.280. The van der Waals surface area contributed by atoms with Gasteiger partial charge in [-0.05, 0) is 65.8 Å². The van der Waals surface area contributed by atoms with E-state index in [1.165, 1.54) is 0 Å². The Kier molecular flexibility index (Phi) is 8.53. The zero-order valence-corrected chi connectivity index (χ0v) is 19.0. The molecule has 0 saturated heterocycles. The van der Waals surface area contributed by atoms with Crippen molar-refractivity contribution in [3.8, 4) is 11.1 Å². The molecule has 0 bridgehead atoms. The molecule has 3 aromatic rings. The standard InChI is InChI=1S/C25H27NO5S/c1-17-5-3-4-6-20(17)22-13-18(14-31-16-19-9-11-30-15-19)7-8-21(22)24(27)26-23(25(28)29)10-12-32-2/h3-9,11,13,15,23H,10,12,14,16H2,1-2H3,(H,26,27)(H,28,29)/t23-/m0/s1. The highest BCUT2D eigenvalue weighted by Gasteiger charge is 2.22. The van der Waals surface area contributed by atoms with Gasteiger partial charge in [-0.2, -0.15) is 11.8 Å². The van der Waals surface area contributed by atoms with Crippen molar-refractivity contribution < 1.29 is 23.8 Å². The van der Waals surface area contributed by atoms with Crippen LogP contribution in [0.2, 0.25) is 0 Å². The minimum Gasteiger partial charge on any atom is -0.480 e. The molecule has 1 heterocycles. The molecule has 0 aliphatic rings. The highest BCUT2D eigenvalue weighted by molar-refractivity contribution is 7.98. The summed E-state index contributed by atoms with van der Waals surface area (Å²) in [4.78, 5) is 24.7. The lowest BCUT2D eigenvalue weighted by molar-refractivity contribution is -0.139. The first kappa shape index (κ1) is 23.6. The van der Waals surface area contributed by atoms with Crippen LogP contribution in [-0.2, 0) is 22.7 Å². The first-order valence-electron chi connectivity index (χ1n) is 10.3. The molecule has 2 aromatic carbocycles. The number of amides is 1. The molecule has 1 amide bonds. The summed E-state index contributed by atoms with van der Waals surface area (Å²) in [6.07, 6.45) is 5.51. The molecule has 3 rings (SSSR count). The summed E-state index contributed by atoms with van der Waals surface area (Å²) in [5, 5.41) is 12.2. The van der Waals surface area contributed by atoms with Gasteiger partial charge in [0.15, 0.2) is 0 Å². The summed E-state index contributed by atoms with van der Waals surface area (Å²) in [6, 6.07) is 14.2. The molecular weight excluding hydrogens is 426 g/mol. The molecule has 0 aliphatic heterocycles. The number of ether oxygens (including phenoxy) is 1. The molecule has 0 unspecified atom stereocenters. The second-order valence-corrected chi connectivity index (χ2v) is 8.45. The fourth-order valence-corrected chi connectivity index (χ4v) is 3.84. The number of furan rings is 1. The summed E-state index contributed by atoms with van der Waals surface area (Å²) in [5.74, 6) is -0.786. The van der Waals surface area contributed by atoms with Crippen LogP contribution in [-0.4, -0.2) is 35.0 Å². The predicted molar refractivity (Wildman–Crippen MR) is 126 cm³/mol. The van der Waals surface area contributed by atoms with Gasteiger partial charge in [-0.25, -0.2) is 4.79 Å². The number of hydrogen-bond donors (Lipinski definition) is 2. The van der Waals surface area contributed by atoms with Crippen LogP contribution in [0, 0.1) is 6.92 Å². The minimum absolute atomic E-state index is 0.363. The molecule has 168 valence electrons. The van der Waals surface area contributed by atoms with Gasteiger partial charge in [-0.3, -0.25) is 4.79 Å². The molecule has 32 heavy (non-hydrogen) atoms. The van der Waals surface area contributed by atoms with Crippen molar-refractivity contribution in [2.24, 2.45) is 0 Å². The van der Waals surface area contributed by atoms with Crippen molar-refractivity contribution >= 4 is 23.6 Å². The Labute approximate surface area is 192 Å². The number of carboxylic acids is 1. The number of thioether (sulfide) groups is 1. The van der Waals surface area contributed by atoms with E-state index in [1.54, 1.807) is 30.4 Å². The van der Waals surface area contributed by atoms with E-state index in [2.05, 4.69) is 5.32 Å². The maximum Gasteiger partial charge on any atom is 0.326 e. The van der Waals surface area contributed by atoms with Gasteiger partial charge >= 0.3 is 5.97 Å². The zero-order chi connectivity index (χ0) is 22.9. The molecule has 1 aromatic heterocycles. The van der Waals surface area contributed by atoms with Gasteiger partial charge in [-0.15, -0.1) is 0 Å². The first-order valence-corrected chi connectivity index (χ1v) is 11.7. The Bertz CT molecular complexity index is 1050. The highest BCUT2D eigenvalue weighted by Crippen LogP contribution is 2.28. The van der Waals surface area contributed by atoms with Gasteiger partial charge in [0.2, 0.25) is 0 Å². The van der Waals surface area contributed by atoms with Crippen LogP contribution >= 0.6 is 11.8 Å². The Morgan fingerprint density at radius 1 is 1.09 bits per heavy atom. The number of aryl methyl sites for hydroxylation is 1. The molecular formula is C25H27NO5S. The number of rotatable bonds is 11. The van der Waals surface area contributed by atoms with E-state index in [0.717, 1.165) is 27.8 Å². The second kappa shape index (κ2) is 11.5. The van der Waals surface area contributed by atoms with E-state index >= 15 is 0 Å². The van der Waals surface area contributed by atoms with Crippen molar-refractivity contribution in [3.63, 3.8) is 0 Å². The van der Waals surface area contributed by atoms with E-state index in [-0.39, 0.29) is 0 Å². The quantitative estimate of drug-likeness (QED) is 0.429. The summed E-state index contributed by atoms with van der Waals surface area (Å²) < 4.78 is 10.8. The summed E-state index contributed by atoms with van der Waals surface area (Å²) in [5.41, 5.74) is 5.00. The monoisotopic (exact) mass is 453 g/mol. The van der Waals surface area contributed by atoms with Gasteiger partial charge in [0.05, 0.1) is 25.7 Å². The van der Waals surface area contributed by atoms with Crippen molar-refractivity contribution in [1.29, 1.82) is 0 Å². The fourth-order valence-electron chi connectivity index (χ4n) is 3.37. The average molecular weight is 454 g/mol. The second-order valence-electron chi connectivity index (χ2n) is 7.47. The van der Waals surface area contributed by atoms with Crippen LogP contribution in [0.3, 0.4) is 0 Å². The van der Waals surface area contributed by atoms with Crippen LogP contribution in [0.4, 0.5) is 0 Å². The molecule has 0 aliphatic carbocycles. The SMILES string of the molecule is CSCC[C@H](NC(=O)c1ccc(COCc2ccoc2)cc1-c1ccccc1C)C(=O)O. The van der Waals surface area contributed by atoms with Crippen molar-refractivity contribution in [2.75, 3.05) is 12.0 Å². The lowest BCUT2D eigenvalue weighted by Gasteiger charge is -2.17. The van der Waals surface area contributed by atoms with Crippen LogP contribution in [0.5, 0.6) is 0 Å². The molecule has 0 fully saturated rings. The van der Waals surface area contributed by atoms with E-state index < -0.39 is 17.9 Å². The average Bonchev–Trinajstić information content (AvgIpc) is 3.30. The topological polar surface area (TPSA) is 88.8 Å². The normalized spacial score (nSPS) is 11.8. The molecule has 0 spiro atoms. The van der Waals surface area contributed by atoms with E-state index in [0.29, 0.717) is 31.0 Å². The molecule has 0 radical (unpaired) electrons. The first-order chi connectivity index (χ1) is 15.5. The highest BCUT2D eigenvalue weighted by atomic mass is 32.2. The third kappa shape index (κ3) is 6.24. The van der Waals surface area contributed by atoms with Crippen LogP contribution < -0.4 is 5.32 Å². The number of nitrogens with one attached hydrogen (secondary N) is 1. The number of benzene rings is 2. The Balaban J connectivity index is 1.86. The maximum absolute atomic E-state index is 13.1. The number of hydrogen-bond acceptors (Lipinski definition) is 5. The van der Waals surface area contributed by atoms with Crippen LogP contribution in [0.15, 0.2) is 65.5 Å². The number of carbonyl (C=O) groups excluding carboxylic acids is 1. The molecule has 0 saturated carbocycles. The third-order valence-corrected chi connectivity index (χ3v) is 5.74. The van der Waals surface area contributed by atoms with Gasteiger partial charge in [-0.1, -0.05) is 30.3 Å². The molecule has 2 N–H and O–H groups in total. The number of carboxylic acid groups (broad SMARTS) is 1. The van der Waals surface area contributed by atoms with Crippen molar-refractivity contribution in [2.45, 2.75) is 32.6 Å². The molecule has 7 heteroatoms. The summed E-state index contributed by atoms with van der Waals surface area (Å²) in [6.45, 7) is 2.78. The lowest BCUT2D eigenvalue weighted by Crippen LogP contribution is -2.41. The van der Waals surface area contributed by atoms with E-state index in [1.807, 2.05) is 55.6 Å². The van der Waals surface area contributed by atoms with Crippen LogP contribution in [0.25, 0.3) is 11.1 Å². The minimum atomic E-state index is -1.03. The van der Waals surface area contributed by atoms with Crippen molar-refractivity contribution in [1.82, 2.24) is 5.32 Å². The summed E-state index contributed by atoms with van der Waals surface area (Å²) >= 11 is 1.55. The maximum atomic E-state index is 13.1. The Hall–Kier alpha value is -3.03. The van der Waals surface area contributed by atoms with E-state index in [4.69, 9.17) is 9.15 Å². The predicted octanol–water partition coefficient (Wildman–Crippen LogP) is 4.91. The van der Waals surface area contributed by atoms with Gasteiger partial charge in [0, 0.05) is 11.1 Å². The van der Waals surface area contributed by atoms with Gasteiger partial charge in [0.1, 0.15) is 6.04 Å². The van der Waals surface area contributed by atoms with Gasteiger partial charge < -0.3 is 19.6 Å². The molecule has 6 nitrogen and oxygen atoms in total. The zero-order valence-electron chi connectivity index (χ0n) is 18.2. The Morgan fingerprint density at radius 3 is 2.56 bits per heavy atom. The summed E-state index contributed by atoms with van der Waals surface area (Å²) in [7, 11) is 0. The van der Waals surface area contributed by atoms with Crippen molar-refractivity contribution in [3.05, 3.63) is 83.3 Å².